The molecule has 0 spiro atoms. The van der Waals surface area contributed by atoms with Crippen LogP contribution in [-0.4, -0.2) is 83.6 Å². The van der Waals surface area contributed by atoms with Crippen LogP contribution >= 0.6 is 0 Å². The van der Waals surface area contributed by atoms with Crippen molar-refractivity contribution in [3.05, 3.63) is 54.4 Å². The third-order valence-corrected chi connectivity index (χ3v) is 6.63. The van der Waals surface area contributed by atoms with Gasteiger partial charge >= 0.3 is 6.03 Å². The van der Waals surface area contributed by atoms with Gasteiger partial charge in [-0.2, -0.15) is 0 Å². The predicted octanol–water partition coefficient (Wildman–Crippen LogP) is 3.56. The smallest absolute Gasteiger partial charge is 0.322 e. The Morgan fingerprint density at radius 2 is 1.88 bits per heavy atom. The van der Waals surface area contributed by atoms with Crippen molar-refractivity contribution < 1.29 is 9.53 Å². The number of benzene rings is 2. The summed E-state index contributed by atoms with van der Waals surface area (Å²) < 4.78 is 6.07. The van der Waals surface area contributed by atoms with Crippen molar-refractivity contribution in [2.75, 3.05) is 58.2 Å². The van der Waals surface area contributed by atoms with Gasteiger partial charge in [0.05, 0.1) is 22.8 Å². The molecule has 3 aromatic rings. The van der Waals surface area contributed by atoms with Crippen molar-refractivity contribution >= 4 is 22.8 Å². The van der Waals surface area contributed by atoms with Crippen molar-refractivity contribution in [3.63, 3.8) is 0 Å². The number of anilines is 1. The number of likely N-dealkylation sites (N-methyl/N-ethyl adjacent to an activating group) is 1. The third-order valence-electron chi connectivity index (χ3n) is 6.63. The first kappa shape index (κ1) is 21.7. The molecule has 174 valence electrons. The van der Waals surface area contributed by atoms with Crippen molar-refractivity contribution in [2.45, 2.75) is 18.9 Å². The van der Waals surface area contributed by atoms with Gasteiger partial charge in [0.2, 0.25) is 0 Å². The van der Waals surface area contributed by atoms with Gasteiger partial charge < -0.3 is 24.8 Å². The molecule has 0 aliphatic carbocycles. The maximum absolute atomic E-state index is 13.2. The van der Waals surface area contributed by atoms with Gasteiger partial charge in [-0.15, -0.1) is 0 Å². The van der Waals surface area contributed by atoms with Crippen LogP contribution in [0.5, 0.6) is 5.75 Å². The lowest BCUT2D eigenvalue weighted by Crippen LogP contribution is -2.45. The number of aromatic nitrogens is 2. The van der Waals surface area contributed by atoms with Gasteiger partial charge in [0.25, 0.3) is 0 Å². The Morgan fingerprint density at radius 1 is 1.09 bits per heavy atom. The molecule has 2 aliphatic rings. The number of carbonyl (C=O) groups excluding carboxylic acids is 1. The average molecular weight is 449 g/mol. The molecule has 0 saturated carbocycles. The number of imidazole rings is 1. The molecule has 33 heavy (non-hydrogen) atoms. The molecule has 2 aliphatic heterocycles. The fraction of sp³-hybridized carbons (Fsp3) is 0.440. The monoisotopic (exact) mass is 448 g/mol. The number of likely N-dealkylation sites (tertiary alicyclic amines) is 1. The Morgan fingerprint density at radius 3 is 2.73 bits per heavy atom. The van der Waals surface area contributed by atoms with Gasteiger partial charge in [0.15, 0.2) is 0 Å². The largest absolute Gasteiger partial charge is 0.490 e. The van der Waals surface area contributed by atoms with Crippen molar-refractivity contribution in [1.82, 2.24) is 24.7 Å². The zero-order valence-corrected chi connectivity index (χ0v) is 19.2. The van der Waals surface area contributed by atoms with E-state index in [1.807, 2.05) is 53.4 Å². The normalized spacial score (nSPS) is 19.8. The minimum atomic E-state index is -0.118. The van der Waals surface area contributed by atoms with E-state index in [-0.39, 0.29) is 12.1 Å². The van der Waals surface area contributed by atoms with Crippen molar-refractivity contribution in [1.29, 1.82) is 0 Å². The number of hydrogen-bond acceptors (Lipinski definition) is 5. The van der Waals surface area contributed by atoms with Crippen LogP contribution in [0.2, 0.25) is 0 Å². The summed E-state index contributed by atoms with van der Waals surface area (Å²) in [5.74, 6) is 1.56. The Labute approximate surface area is 194 Å². The first-order valence-electron chi connectivity index (χ1n) is 11.8. The molecule has 0 bridgehead atoms. The number of hydrogen-bond donors (Lipinski definition) is 2. The SMILES string of the molecule is CN1CCN(CCOc2ccccc2NC(=O)N2CCCC2c2nc3ccccc3[nH]2)CC1. The van der Waals surface area contributed by atoms with E-state index in [2.05, 4.69) is 27.1 Å². The number of piperazine rings is 1. The van der Waals surface area contributed by atoms with Crippen molar-refractivity contribution in [3.8, 4) is 5.75 Å². The minimum absolute atomic E-state index is 0.0530. The Balaban J connectivity index is 1.22. The highest BCUT2D eigenvalue weighted by Crippen LogP contribution is 2.33. The van der Waals surface area contributed by atoms with Crippen LogP contribution in [-0.2, 0) is 0 Å². The van der Waals surface area contributed by atoms with E-state index in [1.54, 1.807) is 0 Å². The molecule has 1 atom stereocenters. The maximum atomic E-state index is 13.2. The fourth-order valence-corrected chi connectivity index (χ4v) is 4.66. The molecule has 2 aromatic carbocycles. The molecule has 8 nitrogen and oxygen atoms in total. The van der Waals surface area contributed by atoms with E-state index < -0.39 is 0 Å². The molecule has 1 aromatic heterocycles. The second kappa shape index (κ2) is 9.80. The van der Waals surface area contributed by atoms with E-state index in [9.17, 15) is 4.79 Å². The Hall–Kier alpha value is -3.10. The van der Waals surface area contributed by atoms with Crippen LogP contribution in [0.25, 0.3) is 11.0 Å². The van der Waals surface area contributed by atoms with Crippen LogP contribution in [0.15, 0.2) is 48.5 Å². The molecule has 3 heterocycles. The van der Waals surface area contributed by atoms with Gasteiger partial charge in [0, 0.05) is 39.3 Å². The summed E-state index contributed by atoms with van der Waals surface area (Å²) in [6.45, 7) is 6.51. The summed E-state index contributed by atoms with van der Waals surface area (Å²) >= 11 is 0. The Bertz CT molecular complexity index is 1060. The number of urea groups is 1. The lowest BCUT2D eigenvalue weighted by molar-refractivity contribution is 0.134. The van der Waals surface area contributed by atoms with E-state index in [0.717, 1.165) is 62.4 Å². The second-order valence-corrected chi connectivity index (χ2v) is 8.91. The number of para-hydroxylation sites is 4. The minimum Gasteiger partial charge on any atom is -0.490 e. The number of nitrogens with one attached hydrogen (secondary N) is 2. The number of carbonyl (C=O) groups is 1. The van der Waals surface area contributed by atoms with Gasteiger partial charge in [0.1, 0.15) is 18.2 Å². The van der Waals surface area contributed by atoms with Gasteiger partial charge in [-0.05, 0) is 44.2 Å². The van der Waals surface area contributed by atoms with Gasteiger partial charge in [-0.1, -0.05) is 24.3 Å². The van der Waals surface area contributed by atoms with E-state index >= 15 is 0 Å². The number of aromatic amines is 1. The molecule has 1 unspecified atom stereocenters. The topological polar surface area (TPSA) is 76.7 Å². The molecule has 8 heteroatoms. The van der Waals surface area contributed by atoms with Crippen molar-refractivity contribution in [2.24, 2.45) is 0 Å². The number of ether oxygens (including phenoxy) is 1. The molecule has 2 amide bonds. The van der Waals surface area contributed by atoms with E-state index in [0.29, 0.717) is 24.6 Å². The summed E-state index contributed by atoms with van der Waals surface area (Å²) in [6, 6.07) is 15.5. The first-order valence-corrected chi connectivity index (χ1v) is 11.8. The highest BCUT2D eigenvalue weighted by molar-refractivity contribution is 5.91. The second-order valence-electron chi connectivity index (χ2n) is 8.91. The predicted molar refractivity (Wildman–Crippen MR) is 130 cm³/mol. The highest BCUT2D eigenvalue weighted by Gasteiger charge is 2.32. The molecule has 0 radical (unpaired) electrons. The highest BCUT2D eigenvalue weighted by atomic mass is 16.5. The van der Waals surface area contributed by atoms with E-state index in [1.165, 1.54) is 0 Å². The molecule has 2 saturated heterocycles. The number of fused-ring (bicyclic) bond motifs is 1. The zero-order valence-electron chi connectivity index (χ0n) is 19.2. The Kier molecular flexibility index (Phi) is 6.46. The summed E-state index contributed by atoms with van der Waals surface area (Å²) in [4.78, 5) is 28.0. The molecule has 2 N–H and O–H groups in total. The van der Waals surface area contributed by atoms with Gasteiger partial charge in [-0.3, -0.25) is 4.90 Å². The molecular weight excluding hydrogens is 416 g/mol. The lowest BCUT2D eigenvalue weighted by atomic mass is 10.2. The van der Waals surface area contributed by atoms with E-state index in [4.69, 9.17) is 9.72 Å². The zero-order chi connectivity index (χ0) is 22.6. The number of H-pyrrole nitrogens is 1. The standard InChI is InChI=1S/C25H32N6O2/c1-29-13-15-30(16-14-29)17-18-33-23-11-5-4-9-21(23)28-25(32)31-12-6-10-22(31)24-26-19-7-2-3-8-20(19)27-24/h2-5,7-9,11,22H,6,10,12-18H2,1H3,(H,26,27)(H,28,32). The number of rotatable bonds is 6. The van der Waals surface area contributed by atoms with Crippen LogP contribution in [0.1, 0.15) is 24.7 Å². The summed E-state index contributed by atoms with van der Waals surface area (Å²) in [7, 11) is 2.16. The summed E-state index contributed by atoms with van der Waals surface area (Å²) in [5, 5.41) is 3.08. The third kappa shape index (κ3) is 4.96. The maximum Gasteiger partial charge on any atom is 0.322 e. The van der Waals surface area contributed by atoms with Crippen LogP contribution in [0, 0.1) is 0 Å². The summed E-state index contributed by atoms with van der Waals surface area (Å²) in [5.41, 5.74) is 2.63. The lowest BCUT2D eigenvalue weighted by Gasteiger charge is -2.32. The van der Waals surface area contributed by atoms with Crippen LogP contribution in [0.3, 0.4) is 0 Å². The molecule has 5 rings (SSSR count). The van der Waals surface area contributed by atoms with Crippen LogP contribution in [0.4, 0.5) is 10.5 Å². The fourth-order valence-electron chi connectivity index (χ4n) is 4.66. The quantitative estimate of drug-likeness (QED) is 0.603. The molecule has 2 fully saturated rings. The number of nitrogens with zero attached hydrogens (tertiary/aromatic N) is 4. The molecular formula is C25H32N6O2. The average Bonchev–Trinajstić information content (AvgIpc) is 3.48. The van der Waals surface area contributed by atoms with Gasteiger partial charge in [-0.25, -0.2) is 9.78 Å². The first-order chi connectivity index (χ1) is 16.2. The van der Waals surface area contributed by atoms with Crippen LogP contribution < -0.4 is 10.1 Å². The summed E-state index contributed by atoms with van der Waals surface area (Å²) in [6.07, 6.45) is 1.86. The number of amides is 2.